The fourth-order valence-electron chi connectivity index (χ4n) is 3.68. The van der Waals surface area contributed by atoms with Crippen molar-refractivity contribution in [2.75, 3.05) is 23.7 Å². The SMILES string of the molecule is CCCC[C@@](CC)(CCCNC(=O)Nc1ccc(Cl)cc1)CNC(=O)Nc1ccc(Cl)cc1. The maximum absolute atomic E-state index is 12.4. The largest absolute Gasteiger partial charge is 0.338 e. The molecule has 0 fully saturated rings. The van der Waals surface area contributed by atoms with Crippen LogP contribution in [0.25, 0.3) is 0 Å². The topological polar surface area (TPSA) is 82.3 Å². The first-order valence-corrected chi connectivity index (χ1v) is 12.2. The van der Waals surface area contributed by atoms with Gasteiger partial charge < -0.3 is 21.3 Å². The number of anilines is 2. The third-order valence-corrected chi connectivity index (χ3v) is 6.31. The molecule has 2 aromatic rings. The Labute approximate surface area is 206 Å². The van der Waals surface area contributed by atoms with E-state index in [1.807, 2.05) is 0 Å². The number of hydrogen-bond donors (Lipinski definition) is 4. The molecule has 4 amide bonds. The van der Waals surface area contributed by atoms with Crippen molar-refractivity contribution in [3.8, 4) is 0 Å². The van der Waals surface area contributed by atoms with Crippen LogP contribution < -0.4 is 21.3 Å². The molecule has 0 aliphatic heterocycles. The Bertz CT molecular complexity index is 875. The highest BCUT2D eigenvalue weighted by atomic mass is 35.5. The van der Waals surface area contributed by atoms with Gasteiger partial charge in [0.05, 0.1) is 0 Å². The van der Waals surface area contributed by atoms with Crippen molar-refractivity contribution in [3.05, 3.63) is 58.6 Å². The van der Waals surface area contributed by atoms with Gasteiger partial charge in [0.15, 0.2) is 0 Å². The number of hydrogen-bond acceptors (Lipinski definition) is 2. The third kappa shape index (κ3) is 9.93. The molecule has 0 radical (unpaired) electrons. The summed E-state index contributed by atoms with van der Waals surface area (Å²) in [6.07, 6.45) is 5.90. The molecule has 2 rings (SSSR count). The zero-order chi connectivity index (χ0) is 24.1. The molecule has 0 aliphatic carbocycles. The van der Waals surface area contributed by atoms with Gasteiger partial charge in [-0.15, -0.1) is 0 Å². The Hall–Kier alpha value is -2.44. The van der Waals surface area contributed by atoms with Crippen LogP contribution in [0.1, 0.15) is 52.4 Å². The summed E-state index contributed by atoms with van der Waals surface area (Å²) < 4.78 is 0. The fourth-order valence-corrected chi connectivity index (χ4v) is 3.93. The van der Waals surface area contributed by atoms with Crippen LogP contribution >= 0.6 is 23.2 Å². The zero-order valence-corrected chi connectivity index (χ0v) is 20.9. The Balaban J connectivity index is 1.82. The predicted octanol–water partition coefficient (Wildman–Crippen LogP) is 7.30. The van der Waals surface area contributed by atoms with Crippen molar-refractivity contribution in [1.29, 1.82) is 0 Å². The molecule has 0 bridgehead atoms. The van der Waals surface area contributed by atoms with Gasteiger partial charge in [0.1, 0.15) is 0 Å². The normalized spacial score (nSPS) is 12.5. The summed E-state index contributed by atoms with van der Waals surface area (Å²) in [7, 11) is 0. The monoisotopic (exact) mass is 492 g/mol. The number of carbonyl (C=O) groups is 2. The average Bonchev–Trinajstić information content (AvgIpc) is 2.81. The van der Waals surface area contributed by atoms with Gasteiger partial charge in [-0.05, 0) is 79.6 Å². The van der Waals surface area contributed by atoms with Crippen LogP contribution in [0.4, 0.5) is 21.0 Å². The Kier molecular flexibility index (Phi) is 11.3. The van der Waals surface area contributed by atoms with E-state index in [0.29, 0.717) is 34.5 Å². The van der Waals surface area contributed by atoms with Gasteiger partial charge >= 0.3 is 12.1 Å². The molecule has 180 valence electrons. The van der Waals surface area contributed by atoms with Crippen LogP contribution in [0.15, 0.2) is 48.5 Å². The van der Waals surface area contributed by atoms with Gasteiger partial charge in [-0.2, -0.15) is 0 Å². The standard InChI is InChI=1S/C25H34Cl2N4O2/c1-3-5-15-25(4-2,18-29-24(33)31-22-13-9-20(27)10-14-22)16-6-17-28-23(32)30-21-11-7-19(26)8-12-21/h7-14H,3-6,15-18H2,1-2H3,(H2,28,30,32)(H2,29,31,33)/t25-/m0/s1. The molecule has 4 N–H and O–H groups in total. The van der Waals surface area contributed by atoms with Crippen LogP contribution in [0, 0.1) is 5.41 Å². The zero-order valence-electron chi connectivity index (χ0n) is 19.3. The van der Waals surface area contributed by atoms with Crippen molar-refractivity contribution >= 4 is 46.6 Å². The lowest BCUT2D eigenvalue weighted by Gasteiger charge is -2.33. The number of rotatable bonds is 12. The van der Waals surface area contributed by atoms with Crippen LogP contribution in [0.2, 0.25) is 10.0 Å². The van der Waals surface area contributed by atoms with E-state index in [1.165, 1.54) is 0 Å². The van der Waals surface area contributed by atoms with E-state index in [-0.39, 0.29) is 17.5 Å². The number of unbranched alkanes of at least 4 members (excludes halogenated alkanes) is 1. The van der Waals surface area contributed by atoms with Crippen molar-refractivity contribution < 1.29 is 9.59 Å². The fraction of sp³-hybridized carbons (Fsp3) is 0.440. The lowest BCUT2D eigenvalue weighted by Crippen LogP contribution is -2.40. The number of nitrogens with one attached hydrogen (secondary N) is 4. The summed E-state index contributed by atoms with van der Waals surface area (Å²) in [4.78, 5) is 24.6. The molecule has 2 aromatic carbocycles. The molecular formula is C25H34Cl2N4O2. The predicted molar refractivity (Wildman–Crippen MR) is 138 cm³/mol. The highest BCUT2D eigenvalue weighted by molar-refractivity contribution is 6.30. The van der Waals surface area contributed by atoms with E-state index in [9.17, 15) is 9.59 Å². The molecule has 33 heavy (non-hydrogen) atoms. The number of benzene rings is 2. The van der Waals surface area contributed by atoms with Crippen LogP contribution in [0.3, 0.4) is 0 Å². The second-order valence-corrected chi connectivity index (χ2v) is 9.14. The number of urea groups is 2. The molecule has 6 nitrogen and oxygen atoms in total. The summed E-state index contributed by atoms with van der Waals surface area (Å²) >= 11 is 11.8. The van der Waals surface area contributed by atoms with Gasteiger partial charge in [0, 0.05) is 34.5 Å². The third-order valence-electron chi connectivity index (χ3n) is 5.81. The molecule has 8 heteroatoms. The molecule has 0 saturated carbocycles. The summed E-state index contributed by atoms with van der Waals surface area (Å²) in [6, 6.07) is 13.5. The highest BCUT2D eigenvalue weighted by Gasteiger charge is 2.27. The first-order valence-electron chi connectivity index (χ1n) is 11.5. The molecule has 0 spiro atoms. The molecular weight excluding hydrogens is 459 g/mol. The van der Waals surface area contributed by atoms with Crippen LogP contribution in [-0.4, -0.2) is 25.2 Å². The van der Waals surface area contributed by atoms with Gasteiger partial charge in [-0.3, -0.25) is 0 Å². The van der Waals surface area contributed by atoms with E-state index in [4.69, 9.17) is 23.2 Å². The minimum atomic E-state index is -0.242. The van der Waals surface area contributed by atoms with E-state index in [0.717, 1.165) is 38.5 Å². The average molecular weight is 493 g/mol. The summed E-state index contributed by atoms with van der Waals surface area (Å²) in [5, 5.41) is 12.8. The minimum absolute atomic E-state index is 0.0122. The number of amides is 4. The molecule has 0 aliphatic rings. The molecule has 0 aromatic heterocycles. The highest BCUT2D eigenvalue weighted by Crippen LogP contribution is 2.33. The first kappa shape index (κ1) is 26.8. The summed E-state index contributed by atoms with van der Waals surface area (Å²) in [5.41, 5.74) is 1.38. The Morgan fingerprint density at radius 1 is 0.758 bits per heavy atom. The van der Waals surface area contributed by atoms with E-state index < -0.39 is 0 Å². The number of halogens is 2. The number of carbonyl (C=O) groups excluding carboxylic acids is 2. The van der Waals surface area contributed by atoms with E-state index in [2.05, 4.69) is 35.1 Å². The lowest BCUT2D eigenvalue weighted by atomic mass is 9.76. The van der Waals surface area contributed by atoms with Crippen molar-refractivity contribution in [3.63, 3.8) is 0 Å². The lowest BCUT2D eigenvalue weighted by molar-refractivity contribution is 0.202. The Morgan fingerprint density at radius 2 is 1.24 bits per heavy atom. The maximum atomic E-state index is 12.4. The van der Waals surface area contributed by atoms with Crippen molar-refractivity contribution in [1.82, 2.24) is 10.6 Å². The molecule has 0 unspecified atom stereocenters. The van der Waals surface area contributed by atoms with Crippen LogP contribution in [-0.2, 0) is 0 Å². The van der Waals surface area contributed by atoms with Crippen LogP contribution in [0.5, 0.6) is 0 Å². The quantitative estimate of drug-likeness (QED) is 0.234. The smallest absolute Gasteiger partial charge is 0.319 e. The summed E-state index contributed by atoms with van der Waals surface area (Å²) in [6.45, 7) is 5.48. The van der Waals surface area contributed by atoms with Crippen molar-refractivity contribution in [2.45, 2.75) is 52.4 Å². The second-order valence-electron chi connectivity index (χ2n) is 8.26. The van der Waals surface area contributed by atoms with E-state index in [1.54, 1.807) is 48.5 Å². The second kappa shape index (κ2) is 14.0. The molecule has 0 saturated heterocycles. The maximum Gasteiger partial charge on any atom is 0.319 e. The minimum Gasteiger partial charge on any atom is -0.338 e. The summed E-state index contributed by atoms with van der Waals surface area (Å²) in [5.74, 6) is 0. The van der Waals surface area contributed by atoms with Crippen molar-refractivity contribution in [2.24, 2.45) is 5.41 Å². The Morgan fingerprint density at radius 3 is 1.73 bits per heavy atom. The van der Waals surface area contributed by atoms with Gasteiger partial charge in [0.2, 0.25) is 0 Å². The van der Waals surface area contributed by atoms with Gasteiger partial charge in [0.25, 0.3) is 0 Å². The molecule has 0 heterocycles. The first-order chi connectivity index (χ1) is 15.9. The van der Waals surface area contributed by atoms with Gasteiger partial charge in [-0.1, -0.05) is 49.9 Å². The van der Waals surface area contributed by atoms with E-state index >= 15 is 0 Å². The van der Waals surface area contributed by atoms with Gasteiger partial charge in [-0.25, -0.2) is 9.59 Å². The molecule has 1 atom stereocenters.